The minimum Gasteiger partial charge on any atom is -0.354 e. The monoisotopic (exact) mass is 313 g/mol. The predicted octanol–water partition coefficient (Wildman–Crippen LogP) is 1.89. The second-order valence-electron chi connectivity index (χ2n) is 4.41. The second-order valence-corrected chi connectivity index (χ2v) is 4.81. The predicted molar refractivity (Wildman–Crippen MR) is 78.3 cm³/mol. The molecule has 0 aliphatic rings. The summed E-state index contributed by atoms with van der Waals surface area (Å²) in [6.45, 7) is 3.99. The molecule has 0 heterocycles. The topological polar surface area (TPSA) is 101 Å². The summed E-state index contributed by atoms with van der Waals surface area (Å²) < 4.78 is 0. The molecule has 1 aromatic carbocycles. The van der Waals surface area contributed by atoms with Gasteiger partial charge in [-0.3, -0.25) is 19.7 Å². The third-order valence-electron chi connectivity index (χ3n) is 2.70. The lowest BCUT2D eigenvalue weighted by molar-refractivity contribution is -0.384. The van der Waals surface area contributed by atoms with Crippen LogP contribution in [0.15, 0.2) is 18.2 Å². The van der Waals surface area contributed by atoms with Crippen LogP contribution in [0, 0.1) is 10.1 Å². The van der Waals surface area contributed by atoms with Crippen LogP contribution >= 0.6 is 11.6 Å². The van der Waals surface area contributed by atoms with Crippen LogP contribution in [0.1, 0.15) is 30.6 Å². The number of nitrogens with one attached hydrogen (secondary N) is 2. The number of hydrogen-bond donors (Lipinski definition) is 2. The van der Waals surface area contributed by atoms with Gasteiger partial charge in [0.2, 0.25) is 5.91 Å². The number of halogens is 1. The number of non-ortho nitro benzene ring substituents is 1. The molecule has 114 valence electrons. The van der Waals surface area contributed by atoms with Crippen molar-refractivity contribution in [2.45, 2.75) is 26.3 Å². The van der Waals surface area contributed by atoms with Crippen molar-refractivity contribution in [3.05, 3.63) is 38.9 Å². The molecule has 0 fully saturated rings. The first-order valence-corrected chi connectivity index (χ1v) is 6.77. The number of nitro benzene ring substituents is 1. The quantitative estimate of drug-likeness (QED) is 0.618. The number of amides is 2. The van der Waals surface area contributed by atoms with Crippen LogP contribution in [0.2, 0.25) is 5.02 Å². The minimum absolute atomic E-state index is 0.0390. The Labute approximate surface area is 126 Å². The summed E-state index contributed by atoms with van der Waals surface area (Å²) in [7, 11) is 0. The Kier molecular flexibility index (Phi) is 6.10. The standard InChI is InChI=1S/C13H16ClN3O4/c1-3-6-15-12(18)8(2)16-13(19)10-5-4-9(17(20)21)7-11(10)14/h4-5,7-8H,3,6H2,1-2H3,(H,15,18)(H,16,19)/t8-/m1/s1. The molecule has 0 unspecified atom stereocenters. The lowest BCUT2D eigenvalue weighted by Gasteiger charge is -2.14. The van der Waals surface area contributed by atoms with Crippen LogP contribution in [0.25, 0.3) is 0 Å². The highest BCUT2D eigenvalue weighted by atomic mass is 35.5. The van der Waals surface area contributed by atoms with Crippen LogP contribution in [0.5, 0.6) is 0 Å². The molecular formula is C13H16ClN3O4. The van der Waals surface area contributed by atoms with Gasteiger partial charge in [-0.25, -0.2) is 0 Å². The fraction of sp³-hybridized carbons (Fsp3) is 0.385. The van der Waals surface area contributed by atoms with E-state index in [0.717, 1.165) is 12.5 Å². The van der Waals surface area contributed by atoms with Crippen molar-refractivity contribution in [2.24, 2.45) is 0 Å². The molecule has 0 aliphatic heterocycles. The highest BCUT2D eigenvalue weighted by Gasteiger charge is 2.19. The summed E-state index contributed by atoms with van der Waals surface area (Å²) in [5.41, 5.74) is -0.123. The van der Waals surface area contributed by atoms with Crippen molar-refractivity contribution in [1.29, 1.82) is 0 Å². The third kappa shape index (κ3) is 4.71. The number of nitrogens with zero attached hydrogens (tertiary/aromatic N) is 1. The number of hydrogen-bond acceptors (Lipinski definition) is 4. The van der Waals surface area contributed by atoms with Gasteiger partial charge < -0.3 is 10.6 Å². The van der Waals surface area contributed by atoms with Crippen LogP contribution in [-0.4, -0.2) is 29.3 Å². The van der Waals surface area contributed by atoms with Gasteiger partial charge in [-0.15, -0.1) is 0 Å². The van der Waals surface area contributed by atoms with Gasteiger partial charge in [-0.1, -0.05) is 18.5 Å². The Bertz CT molecular complexity index is 562. The van der Waals surface area contributed by atoms with E-state index in [1.807, 2.05) is 6.92 Å². The highest BCUT2D eigenvalue weighted by Crippen LogP contribution is 2.22. The highest BCUT2D eigenvalue weighted by molar-refractivity contribution is 6.34. The van der Waals surface area contributed by atoms with E-state index in [-0.39, 0.29) is 22.2 Å². The van der Waals surface area contributed by atoms with Gasteiger partial charge in [0, 0.05) is 18.7 Å². The van der Waals surface area contributed by atoms with Gasteiger partial charge in [0.15, 0.2) is 0 Å². The van der Waals surface area contributed by atoms with E-state index in [0.29, 0.717) is 6.54 Å². The summed E-state index contributed by atoms with van der Waals surface area (Å²) >= 11 is 5.85. The molecule has 7 nitrogen and oxygen atoms in total. The fourth-order valence-electron chi connectivity index (χ4n) is 1.54. The van der Waals surface area contributed by atoms with Crippen molar-refractivity contribution in [1.82, 2.24) is 10.6 Å². The molecule has 0 radical (unpaired) electrons. The number of nitro groups is 1. The van der Waals surface area contributed by atoms with Crippen molar-refractivity contribution in [3.63, 3.8) is 0 Å². The van der Waals surface area contributed by atoms with E-state index in [9.17, 15) is 19.7 Å². The molecular weight excluding hydrogens is 298 g/mol. The molecule has 8 heteroatoms. The maximum atomic E-state index is 12.0. The molecule has 0 bridgehead atoms. The zero-order valence-electron chi connectivity index (χ0n) is 11.7. The third-order valence-corrected chi connectivity index (χ3v) is 3.01. The van der Waals surface area contributed by atoms with Crippen molar-refractivity contribution >= 4 is 29.1 Å². The van der Waals surface area contributed by atoms with E-state index < -0.39 is 16.9 Å². The molecule has 2 amide bonds. The largest absolute Gasteiger partial charge is 0.354 e. The van der Waals surface area contributed by atoms with E-state index in [4.69, 9.17) is 11.6 Å². The summed E-state index contributed by atoms with van der Waals surface area (Å²) in [6.07, 6.45) is 0.792. The van der Waals surface area contributed by atoms with Crippen molar-refractivity contribution in [2.75, 3.05) is 6.54 Å². The van der Waals surface area contributed by atoms with Crippen LogP contribution in [-0.2, 0) is 4.79 Å². The number of rotatable bonds is 6. The summed E-state index contributed by atoms with van der Waals surface area (Å²) in [4.78, 5) is 33.6. The molecule has 0 spiro atoms. The Balaban J connectivity index is 2.76. The molecule has 0 aromatic heterocycles. The number of carbonyl (C=O) groups is 2. The zero-order valence-corrected chi connectivity index (χ0v) is 12.4. The summed E-state index contributed by atoms with van der Waals surface area (Å²) in [5, 5.41) is 15.7. The molecule has 1 rings (SSSR count). The van der Waals surface area contributed by atoms with Crippen molar-refractivity contribution in [3.8, 4) is 0 Å². The Morgan fingerprint density at radius 2 is 2.10 bits per heavy atom. The van der Waals surface area contributed by atoms with E-state index in [1.54, 1.807) is 6.92 Å². The lowest BCUT2D eigenvalue weighted by Crippen LogP contribution is -2.45. The summed E-state index contributed by atoms with van der Waals surface area (Å²) in [5.74, 6) is -0.864. The van der Waals surface area contributed by atoms with Gasteiger partial charge >= 0.3 is 0 Å². The normalized spacial score (nSPS) is 11.6. The smallest absolute Gasteiger partial charge is 0.270 e. The molecule has 0 saturated heterocycles. The van der Waals surface area contributed by atoms with Crippen molar-refractivity contribution < 1.29 is 14.5 Å². The van der Waals surface area contributed by atoms with E-state index in [1.165, 1.54) is 12.1 Å². The maximum Gasteiger partial charge on any atom is 0.270 e. The SMILES string of the molecule is CCCNC(=O)[C@@H](C)NC(=O)c1ccc([N+](=O)[O-])cc1Cl. The van der Waals surface area contributed by atoms with Crippen LogP contribution in [0.3, 0.4) is 0 Å². The zero-order chi connectivity index (χ0) is 16.0. The maximum absolute atomic E-state index is 12.0. The van der Waals surface area contributed by atoms with Crippen LogP contribution in [0.4, 0.5) is 5.69 Å². The Morgan fingerprint density at radius 3 is 2.62 bits per heavy atom. The lowest BCUT2D eigenvalue weighted by atomic mass is 10.1. The number of benzene rings is 1. The second kappa shape index (κ2) is 7.58. The molecule has 1 atom stereocenters. The van der Waals surface area contributed by atoms with Crippen LogP contribution < -0.4 is 10.6 Å². The molecule has 0 saturated carbocycles. The average Bonchev–Trinajstić information content (AvgIpc) is 2.44. The minimum atomic E-state index is -0.727. The van der Waals surface area contributed by atoms with Gasteiger partial charge in [-0.05, 0) is 19.4 Å². The Hall–Kier alpha value is -2.15. The molecule has 1 aromatic rings. The van der Waals surface area contributed by atoms with Gasteiger partial charge in [-0.2, -0.15) is 0 Å². The molecule has 21 heavy (non-hydrogen) atoms. The average molecular weight is 314 g/mol. The van der Waals surface area contributed by atoms with Gasteiger partial charge in [0.05, 0.1) is 15.5 Å². The molecule has 2 N–H and O–H groups in total. The first-order valence-electron chi connectivity index (χ1n) is 6.39. The Morgan fingerprint density at radius 1 is 1.43 bits per heavy atom. The van der Waals surface area contributed by atoms with E-state index >= 15 is 0 Å². The fourth-order valence-corrected chi connectivity index (χ4v) is 1.80. The first kappa shape index (κ1) is 16.9. The first-order chi connectivity index (χ1) is 9.86. The van der Waals surface area contributed by atoms with Gasteiger partial charge in [0.25, 0.3) is 11.6 Å². The number of carbonyl (C=O) groups excluding carboxylic acids is 2. The van der Waals surface area contributed by atoms with Gasteiger partial charge in [0.1, 0.15) is 6.04 Å². The summed E-state index contributed by atoms with van der Waals surface area (Å²) in [6, 6.07) is 2.81. The van der Waals surface area contributed by atoms with E-state index in [2.05, 4.69) is 10.6 Å². The molecule has 0 aliphatic carbocycles.